The number of carbonyl (C=O) groups excluding carboxylic acids is 1. The van der Waals surface area contributed by atoms with E-state index in [1.807, 2.05) is 6.92 Å². The van der Waals surface area contributed by atoms with Gasteiger partial charge in [-0.15, -0.1) is 0 Å². The number of carbonyl (C=O) groups is 1. The number of hydrogen-bond donors (Lipinski definition) is 2. The van der Waals surface area contributed by atoms with Crippen molar-refractivity contribution in [3.63, 3.8) is 0 Å². The Kier molecular flexibility index (Phi) is 4.81. The molecule has 1 aliphatic heterocycles. The number of benzene rings is 1. The Balaban J connectivity index is 2.08. The van der Waals surface area contributed by atoms with Gasteiger partial charge in [-0.3, -0.25) is 4.79 Å². The van der Waals surface area contributed by atoms with Crippen LogP contribution in [0.25, 0.3) is 0 Å². The number of primary sulfonamides is 1. The molecule has 1 aromatic rings. The Labute approximate surface area is 123 Å². The van der Waals surface area contributed by atoms with Gasteiger partial charge in [0.1, 0.15) is 19.0 Å². The molecule has 0 aliphatic carbocycles. The second kappa shape index (κ2) is 6.42. The SMILES string of the molecule is CCCOCC(=O)NC1COc2ccc(S(N)(=O)=O)cc21. The van der Waals surface area contributed by atoms with E-state index >= 15 is 0 Å². The van der Waals surface area contributed by atoms with Crippen molar-refractivity contribution in [3.8, 4) is 5.75 Å². The topological polar surface area (TPSA) is 108 Å². The first-order valence-electron chi connectivity index (χ1n) is 6.58. The Bertz CT molecular complexity index is 629. The van der Waals surface area contributed by atoms with Gasteiger partial charge >= 0.3 is 0 Å². The van der Waals surface area contributed by atoms with Crippen molar-refractivity contribution in [1.82, 2.24) is 5.32 Å². The molecular formula is C13H18N2O5S. The molecule has 116 valence electrons. The Morgan fingerprint density at radius 1 is 1.52 bits per heavy atom. The van der Waals surface area contributed by atoms with E-state index in [4.69, 9.17) is 14.6 Å². The zero-order valence-electron chi connectivity index (χ0n) is 11.7. The van der Waals surface area contributed by atoms with Gasteiger partial charge in [-0.05, 0) is 24.6 Å². The molecule has 1 atom stereocenters. The van der Waals surface area contributed by atoms with Crippen molar-refractivity contribution in [2.24, 2.45) is 5.14 Å². The van der Waals surface area contributed by atoms with Crippen LogP contribution in [0.2, 0.25) is 0 Å². The summed E-state index contributed by atoms with van der Waals surface area (Å²) in [4.78, 5) is 11.7. The van der Waals surface area contributed by atoms with Gasteiger partial charge in [-0.1, -0.05) is 6.92 Å². The van der Waals surface area contributed by atoms with E-state index in [1.54, 1.807) is 0 Å². The summed E-state index contributed by atoms with van der Waals surface area (Å²) in [6, 6.07) is 3.94. The third-order valence-corrected chi connectivity index (χ3v) is 3.92. The minimum Gasteiger partial charge on any atom is -0.491 e. The zero-order valence-corrected chi connectivity index (χ0v) is 12.5. The third-order valence-electron chi connectivity index (χ3n) is 3.01. The highest BCUT2D eigenvalue weighted by Crippen LogP contribution is 2.33. The van der Waals surface area contributed by atoms with Crippen molar-refractivity contribution in [2.75, 3.05) is 19.8 Å². The molecule has 1 aromatic carbocycles. The third kappa shape index (κ3) is 3.93. The fourth-order valence-corrected chi connectivity index (χ4v) is 2.58. The van der Waals surface area contributed by atoms with Crippen molar-refractivity contribution in [1.29, 1.82) is 0 Å². The first-order valence-corrected chi connectivity index (χ1v) is 8.13. The first kappa shape index (κ1) is 15.7. The van der Waals surface area contributed by atoms with Gasteiger partial charge in [0.25, 0.3) is 0 Å². The van der Waals surface area contributed by atoms with E-state index in [9.17, 15) is 13.2 Å². The van der Waals surface area contributed by atoms with Gasteiger partial charge in [0, 0.05) is 12.2 Å². The molecule has 2 rings (SSSR count). The van der Waals surface area contributed by atoms with Crippen molar-refractivity contribution >= 4 is 15.9 Å². The molecule has 0 bridgehead atoms. The number of nitrogens with two attached hydrogens (primary N) is 1. The number of amides is 1. The van der Waals surface area contributed by atoms with Crippen LogP contribution in [0.1, 0.15) is 24.9 Å². The number of sulfonamides is 1. The zero-order chi connectivity index (χ0) is 15.5. The second-order valence-corrected chi connectivity index (χ2v) is 6.29. The Morgan fingerprint density at radius 3 is 2.95 bits per heavy atom. The lowest BCUT2D eigenvalue weighted by Gasteiger charge is -2.12. The molecule has 1 unspecified atom stereocenters. The van der Waals surface area contributed by atoms with E-state index in [2.05, 4.69) is 5.32 Å². The van der Waals surface area contributed by atoms with Crippen molar-refractivity contribution in [3.05, 3.63) is 23.8 Å². The van der Waals surface area contributed by atoms with Gasteiger partial charge in [-0.25, -0.2) is 13.6 Å². The fourth-order valence-electron chi connectivity index (χ4n) is 2.03. The minimum atomic E-state index is -3.79. The highest BCUT2D eigenvalue weighted by atomic mass is 32.2. The summed E-state index contributed by atoms with van der Waals surface area (Å²) < 4.78 is 33.3. The number of fused-ring (bicyclic) bond motifs is 1. The highest BCUT2D eigenvalue weighted by molar-refractivity contribution is 7.89. The van der Waals surface area contributed by atoms with Crippen LogP contribution in [0, 0.1) is 0 Å². The fraction of sp³-hybridized carbons (Fsp3) is 0.462. The summed E-state index contributed by atoms with van der Waals surface area (Å²) in [6.07, 6.45) is 0.834. The summed E-state index contributed by atoms with van der Waals surface area (Å²) in [5, 5.41) is 7.85. The summed E-state index contributed by atoms with van der Waals surface area (Å²) in [5.41, 5.74) is 0.602. The van der Waals surface area contributed by atoms with Gasteiger partial charge in [0.05, 0.1) is 10.9 Å². The van der Waals surface area contributed by atoms with E-state index in [1.165, 1.54) is 18.2 Å². The standard InChI is InChI=1S/C13H18N2O5S/c1-2-5-19-8-13(16)15-11-7-20-12-4-3-9(6-10(11)12)21(14,17)18/h3-4,6,11H,2,5,7-8H2,1H3,(H,15,16)(H2,14,17,18). The van der Waals surface area contributed by atoms with Crippen LogP contribution < -0.4 is 15.2 Å². The van der Waals surface area contributed by atoms with Crippen LogP contribution in [0.3, 0.4) is 0 Å². The number of hydrogen-bond acceptors (Lipinski definition) is 5. The summed E-state index contributed by atoms with van der Waals surface area (Å²) in [6.45, 7) is 2.69. The van der Waals surface area contributed by atoms with Crippen LogP contribution in [0.4, 0.5) is 0 Å². The van der Waals surface area contributed by atoms with Gasteiger partial charge in [-0.2, -0.15) is 0 Å². The maximum Gasteiger partial charge on any atom is 0.246 e. The van der Waals surface area contributed by atoms with Gasteiger partial charge < -0.3 is 14.8 Å². The summed E-state index contributed by atoms with van der Waals surface area (Å²) in [7, 11) is -3.79. The molecule has 0 saturated heterocycles. The van der Waals surface area contributed by atoms with E-state index < -0.39 is 16.1 Å². The smallest absolute Gasteiger partial charge is 0.246 e. The summed E-state index contributed by atoms with van der Waals surface area (Å²) in [5.74, 6) is 0.271. The molecule has 1 amide bonds. The maximum atomic E-state index is 11.7. The molecular weight excluding hydrogens is 296 g/mol. The summed E-state index contributed by atoms with van der Waals surface area (Å²) >= 11 is 0. The molecule has 7 nitrogen and oxygen atoms in total. The number of nitrogens with one attached hydrogen (secondary N) is 1. The Hall–Kier alpha value is -1.64. The lowest BCUT2D eigenvalue weighted by Crippen LogP contribution is -2.32. The predicted molar refractivity (Wildman–Crippen MR) is 75.3 cm³/mol. The molecule has 0 aromatic heterocycles. The van der Waals surface area contributed by atoms with Crippen molar-refractivity contribution < 1.29 is 22.7 Å². The number of rotatable bonds is 6. The van der Waals surface area contributed by atoms with E-state index in [-0.39, 0.29) is 24.0 Å². The van der Waals surface area contributed by atoms with Crippen LogP contribution in [-0.2, 0) is 19.6 Å². The first-order chi connectivity index (χ1) is 9.91. The second-order valence-electron chi connectivity index (χ2n) is 4.73. The van der Waals surface area contributed by atoms with Gasteiger partial charge in [0.15, 0.2) is 0 Å². The number of ether oxygens (including phenoxy) is 2. The predicted octanol–water partition coefficient (Wildman–Crippen LogP) is 0.310. The van der Waals surface area contributed by atoms with Gasteiger partial charge in [0.2, 0.25) is 15.9 Å². The van der Waals surface area contributed by atoms with E-state index in [0.29, 0.717) is 17.9 Å². The normalized spacial score (nSPS) is 17.1. The molecule has 1 aliphatic rings. The average Bonchev–Trinajstić information content (AvgIpc) is 2.80. The van der Waals surface area contributed by atoms with Crippen LogP contribution in [0.15, 0.2) is 23.1 Å². The molecule has 8 heteroatoms. The van der Waals surface area contributed by atoms with E-state index in [0.717, 1.165) is 6.42 Å². The largest absolute Gasteiger partial charge is 0.491 e. The average molecular weight is 314 g/mol. The molecule has 0 saturated carbocycles. The molecule has 1 heterocycles. The molecule has 0 fully saturated rings. The monoisotopic (exact) mass is 314 g/mol. The molecule has 21 heavy (non-hydrogen) atoms. The van der Waals surface area contributed by atoms with Crippen LogP contribution in [0.5, 0.6) is 5.75 Å². The lowest BCUT2D eigenvalue weighted by molar-refractivity contribution is -0.126. The van der Waals surface area contributed by atoms with Crippen LogP contribution in [-0.4, -0.2) is 34.1 Å². The Morgan fingerprint density at radius 2 is 2.29 bits per heavy atom. The minimum absolute atomic E-state index is 0.00627. The molecule has 0 spiro atoms. The molecule has 0 radical (unpaired) electrons. The van der Waals surface area contributed by atoms with Crippen molar-refractivity contribution in [2.45, 2.75) is 24.3 Å². The molecule has 3 N–H and O–H groups in total. The highest BCUT2D eigenvalue weighted by Gasteiger charge is 2.27. The quantitative estimate of drug-likeness (QED) is 0.735. The van der Waals surface area contributed by atoms with Crippen LogP contribution >= 0.6 is 0 Å². The lowest BCUT2D eigenvalue weighted by atomic mass is 10.1. The maximum absolute atomic E-state index is 11.7.